The van der Waals surface area contributed by atoms with Gasteiger partial charge in [-0.3, -0.25) is 0 Å². The molecular weight excluding hydrogens is 282 g/mol. The molecule has 1 aromatic carbocycles. The lowest BCUT2D eigenvalue weighted by Gasteiger charge is -2.09. The van der Waals surface area contributed by atoms with Gasteiger partial charge in [0.1, 0.15) is 11.5 Å². The Kier molecular flexibility index (Phi) is 3.64. The van der Waals surface area contributed by atoms with Crippen molar-refractivity contribution in [1.29, 1.82) is 0 Å². The Hall–Kier alpha value is -1.55. The number of hydrogen-bond donors (Lipinski definition) is 0. The molecule has 0 N–H and O–H groups in total. The molecule has 0 amide bonds. The maximum Gasteiger partial charge on any atom is 0.216 e. The van der Waals surface area contributed by atoms with Crippen LogP contribution < -0.4 is 9.47 Å². The van der Waals surface area contributed by atoms with E-state index in [9.17, 15) is 0 Å². The topological polar surface area (TPSA) is 31.4 Å². The molecule has 3 nitrogen and oxygen atoms in total. The van der Waals surface area contributed by atoms with Gasteiger partial charge in [-0.1, -0.05) is 22.0 Å². The summed E-state index contributed by atoms with van der Waals surface area (Å²) in [6.07, 6.45) is 1.65. The first-order valence-electron chi connectivity index (χ1n) is 5.13. The summed E-state index contributed by atoms with van der Waals surface area (Å²) in [5, 5.41) is 0. The first-order chi connectivity index (χ1) is 8.19. The van der Waals surface area contributed by atoms with Gasteiger partial charge in [0.2, 0.25) is 5.88 Å². The highest BCUT2D eigenvalue weighted by Crippen LogP contribution is 2.28. The van der Waals surface area contributed by atoms with Crippen LogP contribution in [-0.4, -0.2) is 12.1 Å². The van der Waals surface area contributed by atoms with Crippen molar-refractivity contribution in [2.24, 2.45) is 0 Å². The van der Waals surface area contributed by atoms with E-state index >= 15 is 0 Å². The summed E-state index contributed by atoms with van der Waals surface area (Å²) < 4.78 is 11.8. The summed E-state index contributed by atoms with van der Waals surface area (Å²) in [7, 11) is 1.58. The summed E-state index contributed by atoms with van der Waals surface area (Å²) in [5.74, 6) is 2.06. The van der Waals surface area contributed by atoms with Gasteiger partial charge in [-0.2, -0.15) is 0 Å². The molecule has 17 heavy (non-hydrogen) atoms. The van der Waals surface area contributed by atoms with Gasteiger partial charge < -0.3 is 9.47 Å². The Balaban J connectivity index is 2.27. The zero-order valence-electron chi connectivity index (χ0n) is 9.61. The summed E-state index contributed by atoms with van der Waals surface area (Å²) in [6.45, 7) is 2.00. The van der Waals surface area contributed by atoms with Gasteiger partial charge in [-0.25, -0.2) is 4.98 Å². The molecule has 0 spiro atoms. The molecule has 0 atom stereocenters. The lowest BCUT2D eigenvalue weighted by Crippen LogP contribution is -1.90. The first-order valence-corrected chi connectivity index (χ1v) is 5.92. The maximum absolute atomic E-state index is 5.78. The van der Waals surface area contributed by atoms with E-state index in [-0.39, 0.29) is 0 Å². The van der Waals surface area contributed by atoms with Crippen molar-refractivity contribution >= 4 is 15.9 Å². The molecule has 2 aromatic rings. The van der Waals surface area contributed by atoms with Gasteiger partial charge in [0.25, 0.3) is 0 Å². The quantitative estimate of drug-likeness (QED) is 0.858. The maximum atomic E-state index is 5.78. The van der Waals surface area contributed by atoms with Crippen molar-refractivity contribution in [2.45, 2.75) is 6.92 Å². The van der Waals surface area contributed by atoms with Crippen LogP contribution in [0.25, 0.3) is 0 Å². The average Bonchev–Trinajstić information content (AvgIpc) is 2.34. The second-order valence-electron chi connectivity index (χ2n) is 3.55. The molecule has 0 unspecified atom stereocenters. The molecule has 0 saturated carbocycles. The number of hydrogen-bond acceptors (Lipinski definition) is 3. The number of methoxy groups -OCH3 is 1. The Morgan fingerprint density at radius 3 is 2.76 bits per heavy atom. The van der Waals surface area contributed by atoms with Gasteiger partial charge in [-0.05, 0) is 30.7 Å². The fraction of sp³-hybridized carbons (Fsp3) is 0.154. The lowest BCUT2D eigenvalue weighted by molar-refractivity contribution is 0.392. The molecule has 2 rings (SSSR count). The van der Waals surface area contributed by atoms with Crippen LogP contribution in [0.3, 0.4) is 0 Å². The van der Waals surface area contributed by atoms with E-state index in [2.05, 4.69) is 20.9 Å². The van der Waals surface area contributed by atoms with Crippen LogP contribution in [0.5, 0.6) is 17.4 Å². The van der Waals surface area contributed by atoms with E-state index in [0.717, 1.165) is 15.8 Å². The van der Waals surface area contributed by atoms with Crippen molar-refractivity contribution in [2.75, 3.05) is 7.11 Å². The number of benzene rings is 1. The molecule has 0 saturated heterocycles. The number of ether oxygens (including phenoxy) is 2. The van der Waals surface area contributed by atoms with E-state index in [1.54, 1.807) is 25.4 Å². The number of nitrogens with zero attached hydrogens (tertiary/aromatic N) is 1. The van der Waals surface area contributed by atoms with Gasteiger partial charge in [0.15, 0.2) is 0 Å². The van der Waals surface area contributed by atoms with Gasteiger partial charge in [0.05, 0.1) is 7.11 Å². The largest absolute Gasteiger partial charge is 0.481 e. The fourth-order valence-corrected chi connectivity index (χ4v) is 1.72. The van der Waals surface area contributed by atoms with Gasteiger partial charge in [-0.15, -0.1) is 0 Å². The highest BCUT2D eigenvalue weighted by molar-refractivity contribution is 9.10. The van der Waals surface area contributed by atoms with Crippen LogP contribution >= 0.6 is 15.9 Å². The Bertz CT molecular complexity index is 529. The van der Waals surface area contributed by atoms with Crippen molar-refractivity contribution in [3.63, 3.8) is 0 Å². The average molecular weight is 294 g/mol. The van der Waals surface area contributed by atoms with E-state index in [1.165, 1.54) is 0 Å². The highest BCUT2D eigenvalue weighted by atomic mass is 79.9. The second kappa shape index (κ2) is 5.19. The van der Waals surface area contributed by atoms with Crippen LogP contribution in [0.1, 0.15) is 5.56 Å². The van der Waals surface area contributed by atoms with Gasteiger partial charge >= 0.3 is 0 Å². The van der Waals surface area contributed by atoms with Crippen LogP contribution in [0.4, 0.5) is 0 Å². The normalized spacial score (nSPS) is 10.1. The molecule has 0 bridgehead atoms. The molecule has 88 valence electrons. The van der Waals surface area contributed by atoms with Crippen molar-refractivity contribution in [1.82, 2.24) is 4.98 Å². The molecule has 1 heterocycles. The summed E-state index contributed by atoms with van der Waals surface area (Å²) >= 11 is 3.42. The Morgan fingerprint density at radius 2 is 2.00 bits per heavy atom. The predicted octanol–water partition coefficient (Wildman–Crippen LogP) is 3.95. The van der Waals surface area contributed by atoms with E-state index in [4.69, 9.17) is 9.47 Å². The molecule has 1 aromatic heterocycles. The summed E-state index contributed by atoms with van der Waals surface area (Å²) in [4.78, 5) is 4.03. The molecule has 0 radical (unpaired) electrons. The molecule has 4 heteroatoms. The third-order valence-corrected chi connectivity index (χ3v) is 2.79. The monoisotopic (exact) mass is 293 g/mol. The lowest BCUT2D eigenvalue weighted by atomic mass is 10.2. The van der Waals surface area contributed by atoms with E-state index < -0.39 is 0 Å². The van der Waals surface area contributed by atoms with Crippen LogP contribution in [0.15, 0.2) is 41.0 Å². The first kappa shape index (κ1) is 11.9. The Morgan fingerprint density at radius 1 is 1.18 bits per heavy atom. The number of halogens is 1. The third-order valence-electron chi connectivity index (χ3n) is 2.29. The van der Waals surface area contributed by atoms with E-state index in [0.29, 0.717) is 11.6 Å². The van der Waals surface area contributed by atoms with Crippen LogP contribution in [-0.2, 0) is 0 Å². The zero-order valence-corrected chi connectivity index (χ0v) is 11.2. The standard InChI is InChI=1S/C13H12BrNO2/c1-9-3-4-10(14)7-12(9)17-11-5-6-15-13(8-11)16-2/h3-8H,1-2H3. The fourth-order valence-electron chi connectivity index (χ4n) is 1.38. The highest BCUT2D eigenvalue weighted by Gasteiger charge is 2.03. The Labute approximate surface area is 109 Å². The smallest absolute Gasteiger partial charge is 0.216 e. The second-order valence-corrected chi connectivity index (χ2v) is 4.46. The minimum atomic E-state index is 0.537. The molecular formula is C13H12BrNO2. The number of pyridine rings is 1. The third kappa shape index (κ3) is 2.97. The van der Waals surface area contributed by atoms with Crippen molar-refractivity contribution in [3.8, 4) is 17.4 Å². The summed E-state index contributed by atoms with van der Waals surface area (Å²) in [5.41, 5.74) is 1.07. The van der Waals surface area contributed by atoms with Gasteiger partial charge in [0, 0.05) is 16.7 Å². The number of aromatic nitrogens is 1. The van der Waals surface area contributed by atoms with Crippen LogP contribution in [0.2, 0.25) is 0 Å². The molecule has 0 fully saturated rings. The molecule has 0 aliphatic rings. The van der Waals surface area contributed by atoms with Crippen molar-refractivity contribution < 1.29 is 9.47 Å². The number of aryl methyl sites for hydroxylation is 1. The molecule has 0 aliphatic carbocycles. The zero-order chi connectivity index (χ0) is 12.3. The minimum Gasteiger partial charge on any atom is -0.481 e. The predicted molar refractivity (Wildman–Crippen MR) is 69.7 cm³/mol. The summed E-state index contributed by atoms with van der Waals surface area (Å²) in [6, 6.07) is 9.46. The van der Waals surface area contributed by atoms with E-state index in [1.807, 2.05) is 25.1 Å². The molecule has 0 aliphatic heterocycles. The minimum absolute atomic E-state index is 0.537. The number of rotatable bonds is 3. The van der Waals surface area contributed by atoms with Crippen molar-refractivity contribution in [3.05, 3.63) is 46.6 Å². The van der Waals surface area contributed by atoms with Crippen LogP contribution in [0, 0.1) is 6.92 Å². The SMILES string of the molecule is COc1cc(Oc2cc(Br)ccc2C)ccn1.